The van der Waals surface area contributed by atoms with E-state index in [2.05, 4.69) is 5.32 Å². The van der Waals surface area contributed by atoms with Crippen molar-refractivity contribution in [1.82, 2.24) is 5.32 Å². The molecule has 2 aromatic rings. The summed E-state index contributed by atoms with van der Waals surface area (Å²) in [5.74, 6) is -2.36. The summed E-state index contributed by atoms with van der Waals surface area (Å²) in [4.78, 5) is 25.5. The maximum atomic E-state index is 13.2. The molecule has 130 valence electrons. The van der Waals surface area contributed by atoms with Crippen LogP contribution in [-0.4, -0.2) is 24.9 Å². The van der Waals surface area contributed by atoms with Gasteiger partial charge in [0, 0.05) is 37.2 Å². The van der Waals surface area contributed by atoms with Gasteiger partial charge in [0.25, 0.3) is 5.91 Å². The molecule has 2 amide bonds. The number of amides is 2. The second-order valence-corrected chi connectivity index (χ2v) is 6.06. The lowest BCUT2D eigenvalue weighted by Gasteiger charge is -2.15. The fraction of sp³-hybridized carbons (Fsp3) is 0.263. The van der Waals surface area contributed by atoms with E-state index in [4.69, 9.17) is 0 Å². The number of anilines is 1. The van der Waals surface area contributed by atoms with Gasteiger partial charge < -0.3 is 10.2 Å². The van der Waals surface area contributed by atoms with Gasteiger partial charge in [-0.05, 0) is 36.2 Å². The second kappa shape index (κ2) is 7.01. The van der Waals surface area contributed by atoms with Crippen LogP contribution in [0.25, 0.3) is 0 Å². The van der Waals surface area contributed by atoms with Gasteiger partial charge in [-0.3, -0.25) is 9.59 Å². The molecule has 0 saturated heterocycles. The van der Waals surface area contributed by atoms with Crippen molar-refractivity contribution in [3.63, 3.8) is 0 Å². The molecule has 6 heteroatoms. The first-order valence-corrected chi connectivity index (χ1v) is 8.07. The van der Waals surface area contributed by atoms with Gasteiger partial charge in [-0.1, -0.05) is 18.2 Å². The summed E-state index contributed by atoms with van der Waals surface area (Å²) in [5, 5.41) is 2.72. The topological polar surface area (TPSA) is 49.4 Å². The summed E-state index contributed by atoms with van der Waals surface area (Å²) in [6.45, 7) is 2.49. The van der Waals surface area contributed by atoms with Crippen molar-refractivity contribution in [3.05, 3.63) is 65.2 Å². The molecule has 3 rings (SSSR count). The van der Waals surface area contributed by atoms with Crippen LogP contribution in [0.3, 0.4) is 0 Å². The quantitative estimate of drug-likeness (QED) is 0.926. The maximum Gasteiger partial charge on any atom is 0.251 e. The number of benzene rings is 2. The Bertz CT molecular complexity index is 823. The van der Waals surface area contributed by atoms with Crippen molar-refractivity contribution in [2.75, 3.05) is 18.0 Å². The van der Waals surface area contributed by atoms with Crippen molar-refractivity contribution >= 4 is 17.5 Å². The van der Waals surface area contributed by atoms with Crippen molar-refractivity contribution in [2.45, 2.75) is 19.3 Å². The molecule has 0 bridgehead atoms. The molecule has 1 heterocycles. The average molecular weight is 344 g/mol. The van der Waals surface area contributed by atoms with E-state index < -0.39 is 17.5 Å². The number of para-hydroxylation sites is 1. The highest BCUT2D eigenvalue weighted by molar-refractivity contribution is 5.95. The summed E-state index contributed by atoms with van der Waals surface area (Å²) in [6, 6.07) is 10.8. The third kappa shape index (κ3) is 3.52. The molecule has 1 unspecified atom stereocenters. The Morgan fingerprint density at radius 2 is 1.92 bits per heavy atom. The smallest absolute Gasteiger partial charge is 0.251 e. The Labute approximate surface area is 144 Å². The molecule has 0 saturated carbocycles. The summed E-state index contributed by atoms with van der Waals surface area (Å²) in [7, 11) is 0. The van der Waals surface area contributed by atoms with Crippen molar-refractivity contribution in [2.24, 2.45) is 0 Å². The van der Waals surface area contributed by atoms with Gasteiger partial charge in [0.15, 0.2) is 11.6 Å². The molecule has 25 heavy (non-hydrogen) atoms. The fourth-order valence-electron chi connectivity index (χ4n) is 3.14. The lowest BCUT2D eigenvalue weighted by molar-refractivity contribution is -0.116. The van der Waals surface area contributed by atoms with Crippen LogP contribution in [0.1, 0.15) is 35.2 Å². The van der Waals surface area contributed by atoms with Crippen LogP contribution in [0.2, 0.25) is 0 Å². The van der Waals surface area contributed by atoms with E-state index in [1.54, 1.807) is 4.90 Å². The van der Waals surface area contributed by atoms with Crippen LogP contribution in [0.5, 0.6) is 0 Å². The molecule has 1 aliphatic rings. The van der Waals surface area contributed by atoms with Crippen LogP contribution in [0.15, 0.2) is 42.5 Å². The van der Waals surface area contributed by atoms with E-state index in [1.165, 1.54) is 13.0 Å². The van der Waals surface area contributed by atoms with E-state index in [9.17, 15) is 18.4 Å². The minimum absolute atomic E-state index is 0.0132. The highest BCUT2D eigenvalue weighted by Crippen LogP contribution is 2.37. The molecule has 4 nitrogen and oxygen atoms in total. The van der Waals surface area contributed by atoms with Gasteiger partial charge in [-0.2, -0.15) is 0 Å². The maximum absolute atomic E-state index is 13.2. The van der Waals surface area contributed by atoms with Gasteiger partial charge >= 0.3 is 0 Å². The zero-order chi connectivity index (χ0) is 18.0. The summed E-state index contributed by atoms with van der Waals surface area (Å²) < 4.78 is 26.1. The molecular formula is C19H18F2N2O2. The van der Waals surface area contributed by atoms with E-state index in [1.807, 2.05) is 24.3 Å². The van der Waals surface area contributed by atoms with Crippen LogP contribution < -0.4 is 10.2 Å². The van der Waals surface area contributed by atoms with Gasteiger partial charge in [-0.25, -0.2) is 8.78 Å². The van der Waals surface area contributed by atoms with Crippen LogP contribution >= 0.6 is 0 Å². The van der Waals surface area contributed by atoms with E-state index in [0.717, 1.165) is 23.4 Å². The number of fused-ring (bicyclic) bond motifs is 1. The average Bonchev–Trinajstić information content (AvgIpc) is 2.96. The molecule has 2 aromatic carbocycles. The Balaban J connectivity index is 1.62. The standard InChI is InChI=1S/C19H18F2N2O2/c1-12(24)23-11-14(15-4-2-3-5-18(15)23)8-9-22-19(25)13-6-7-16(20)17(21)10-13/h2-7,10,14H,8-9,11H2,1H3,(H,22,25). The molecule has 0 fully saturated rings. The highest BCUT2D eigenvalue weighted by atomic mass is 19.2. The predicted molar refractivity (Wildman–Crippen MR) is 90.5 cm³/mol. The van der Waals surface area contributed by atoms with E-state index in [0.29, 0.717) is 19.5 Å². The van der Waals surface area contributed by atoms with Gasteiger partial charge in [0.05, 0.1) is 0 Å². The number of carbonyl (C=O) groups excluding carboxylic acids is 2. The van der Waals surface area contributed by atoms with Crippen molar-refractivity contribution in [3.8, 4) is 0 Å². The fourth-order valence-corrected chi connectivity index (χ4v) is 3.14. The lowest BCUT2D eigenvalue weighted by atomic mass is 9.98. The number of halogens is 2. The zero-order valence-corrected chi connectivity index (χ0v) is 13.8. The number of carbonyl (C=O) groups is 2. The molecule has 1 N–H and O–H groups in total. The number of hydrogen-bond donors (Lipinski definition) is 1. The first-order chi connectivity index (χ1) is 12.0. The van der Waals surface area contributed by atoms with Crippen LogP contribution in [0, 0.1) is 11.6 Å². The summed E-state index contributed by atoms with van der Waals surface area (Å²) >= 11 is 0. The van der Waals surface area contributed by atoms with E-state index >= 15 is 0 Å². The van der Waals surface area contributed by atoms with Gasteiger partial charge in [0.2, 0.25) is 5.91 Å². The third-order valence-electron chi connectivity index (χ3n) is 4.41. The molecule has 0 aromatic heterocycles. The second-order valence-electron chi connectivity index (χ2n) is 6.06. The number of nitrogens with zero attached hydrogens (tertiary/aromatic N) is 1. The molecule has 1 aliphatic heterocycles. The zero-order valence-electron chi connectivity index (χ0n) is 13.8. The summed E-state index contributed by atoms with van der Waals surface area (Å²) in [5.41, 5.74) is 2.07. The first-order valence-electron chi connectivity index (χ1n) is 8.07. The molecule has 0 radical (unpaired) electrons. The third-order valence-corrected chi connectivity index (χ3v) is 4.41. The number of nitrogens with one attached hydrogen (secondary N) is 1. The number of rotatable bonds is 4. The number of hydrogen-bond acceptors (Lipinski definition) is 2. The Kier molecular flexibility index (Phi) is 4.79. The highest BCUT2D eigenvalue weighted by Gasteiger charge is 2.30. The minimum Gasteiger partial charge on any atom is -0.352 e. The molecule has 0 spiro atoms. The monoisotopic (exact) mass is 344 g/mol. The van der Waals surface area contributed by atoms with Crippen molar-refractivity contribution in [1.29, 1.82) is 0 Å². The Hall–Kier alpha value is -2.76. The van der Waals surface area contributed by atoms with Gasteiger partial charge in [0.1, 0.15) is 0 Å². The van der Waals surface area contributed by atoms with Crippen LogP contribution in [0.4, 0.5) is 14.5 Å². The van der Waals surface area contributed by atoms with Crippen molar-refractivity contribution < 1.29 is 18.4 Å². The SMILES string of the molecule is CC(=O)N1CC(CCNC(=O)c2ccc(F)c(F)c2)c2ccccc21. The van der Waals surface area contributed by atoms with E-state index in [-0.39, 0.29) is 17.4 Å². The largest absolute Gasteiger partial charge is 0.352 e. The Morgan fingerprint density at radius 1 is 1.16 bits per heavy atom. The minimum atomic E-state index is -1.05. The predicted octanol–water partition coefficient (Wildman–Crippen LogP) is 3.24. The molecule has 0 aliphatic carbocycles. The van der Waals surface area contributed by atoms with Gasteiger partial charge in [-0.15, -0.1) is 0 Å². The summed E-state index contributed by atoms with van der Waals surface area (Å²) in [6.07, 6.45) is 0.649. The lowest BCUT2D eigenvalue weighted by Crippen LogP contribution is -2.29. The Morgan fingerprint density at radius 3 is 2.64 bits per heavy atom. The normalized spacial score (nSPS) is 15.8. The molecule has 1 atom stereocenters. The molecular weight excluding hydrogens is 326 g/mol. The first kappa shape index (κ1) is 17.1. The van der Waals surface area contributed by atoms with Crippen LogP contribution in [-0.2, 0) is 4.79 Å².